The summed E-state index contributed by atoms with van der Waals surface area (Å²) in [7, 11) is 0. The van der Waals surface area contributed by atoms with E-state index in [9.17, 15) is 4.79 Å². The molecule has 0 unspecified atom stereocenters. The molecule has 1 saturated carbocycles. The molecular weight excluding hydrogens is 304 g/mol. The summed E-state index contributed by atoms with van der Waals surface area (Å²) in [6, 6.07) is 9.70. The third-order valence-corrected chi connectivity index (χ3v) is 4.08. The second-order valence-electron chi connectivity index (χ2n) is 6.29. The molecule has 0 saturated heterocycles. The largest absolute Gasteiger partial charge is 0.441 e. The van der Waals surface area contributed by atoms with Gasteiger partial charge in [-0.25, -0.2) is 4.98 Å². The highest BCUT2D eigenvalue weighted by atomic mass is 16.5. The van der Waals surface area contributed by atoms with Crippen molar-refractivity contribution < 1.29 is 13.9 Å². The number of hydrogen-bond acceptors (Lipinski definition) is 4. The minimum Gasteiger partial charge on any atom is -0.441 e. The highest BCUT2D eigenvalue weighted by molar-refractivity contribution is 5.78. The summed E-state index contributed by atoms with van der Waals surface area (Å²) in [5.74, 6) is 2.00. The topological polar surface area (TPSA) is 64.4 Å². The molecule has 0 radical (unpaired) electrons. The molecule has 5 heteroatoms. The van der Waals surface area contributed by atoms with E-state index in [1.165, 1.54) is 12.8 Å². The number of nitrogens with zero attached hydrogens (tertiary/aromatic N) is 1. The van der Waals surface area contributed by atoms with Crippen molar-refractivity contribution >= 4 is 5.91 Å². The van der Waals surface area contributed by atoms with E-state index in [0.29, 0.717) is 30.5 Å². The zero-order valence-electron chi connectivity index (χ0n) is 14.1. The molecule has 1 aliphatic carbocycles. The Labute approximate surface area is 142 Å². The first-order valence-corrected chi connectivity index (χ1v) is 8.58. The first-order chi connectivity index (χ1) is 11.7. The standard InChI is InChI=1S/C19H24N2O3/c1-14-17(21-19(24-14)16-6-3-2-4-7-16)12-18(22)20-10-5-11-23-13-15-8-9-15/h2-4,6-7,15H,5,8-13H2,1H3,(H,20,22). The summed E-state index contributed by atoms with van der Waals surface area (Å²) < 4.78 is 11.2. The Morgan fingerprint density at radius 3 is 2.88 bits per heavy atom. The molecule has 5 nitrogen and oxygen atoms in total. The van der Waals surface area contributed by atoms with Gasteiger partial charge in [-0.15, -0.1) is 0 Å². The average Bonchev–Trinajstić information content (AvgIpc) is 3.35. The molecule has 3 rings (SSSR count). The zero-order chi connectivity index (χ0) is 16.8. The van der Waals surface area contributed by atoms with Crippen molar-refractivity contribution in [2.45, 2.75) is 32.6 Å². The molecule has 1 amide bonds. The monoisotopic (exact) mass is 328 g/mol. The first-order valence-electron chi connectivity index (χ1n) is 8.58. The number of hydrogen-bond donors (Lipinski definition) is 1. The van der Waals surface area contributed by atoms with Crippen LogP contribution in [-0.4, -0.2) is 30.6 Å². The Morgan fingerprint density at radius 2 is 2.12 bits per heavy atom. The zero-order valence-corrected chi connectivity index (χ0v) is 14.1. The second kappa shape index (κ2) is 8.11. The lowest BCUT2D eigenvalue weighted by molar-refractivity contribution is -0.120. The van der Waals surface area contributed by atoms with E-state index in [0.717, 1.165) is 24.5 Å². The molecule has 128 valence electrons. The summed E-state index contributed by atoms with van der Waals surface area (Å²) in [5.41, 5.74) is 1.61. The van der Waals surface area contributed by atoms with Gasteiger partial charge in [-0.2, -0.15) is 0 Å². The minimum atomic E-state index is -0.0341. The molecule has 1 aromatic heterocycles. The van der Waals surface area contributed by atoms with E-state index in [1.54, 1.807) is 0 Å². The molecular formula is C19H24N2O3. The van der Waals surface area contributed by atoms with Crippen molar-refractivity contribution in [2.24, 2.45) is 5.92 Å². The van der Waals surface area contributed by atoms with Crippen molar-refractivity contribution in [2.75, 3.05) is 19.8 Å². The van der Waals surface area contributed by atoms with Crippen LogP contribution in [0.3, 0.4) is 0 Å². The fourth-order valence-corrected chi connectivity index (χ4v) is 2.45. The molecule has 0 atom stereocenters. The summed E-state index contributed by atoms with van der Waals surface area (Å²) >= 11 is 0. The van der Waals surface area contributed by atoms with Crippen LogP contribution >= 0.6 is 0 Å². The molecule has 1 aliphatic rings. The summed E-state index contributed by atoms with van der Waals surface area (Å²) in [6.45, 7) is 4.05. The van der Waals surface area contributed by atoms with Crippen molar-refractivity contribution in [1.29, 1.82) is 0 Å². The predicted octanol–water partition coefficient (Wildman–Crippen LogP) is 3.13. The van der Waals surface area contributed by atoms with E-state index in [4.69, 9.17) is 9.15 Å². The number of ether oxygens (including phenoxy) is 1. The van der Waals surface area contributed by atoms with Crippen LogP contribution in [0, 0.1) is 12.8 Å². The molecule has 2 aromatic rings. The number of oxazole rings is 1. The van der Waals surface area contributed by atoms with Crippen LogP contribution in [-0.2, 0) is 16.0 Å². The molecule has 0 bridgehead atoms. The van der Waals surface area contributed by atoms with Gasteiger partial charge in [-0.05, 0) is 44.2 Å². The number of nitrogens with one attached hydrogen (secondary N) is 1. The SMILES string of the molecule is Cc1oc(-c2ccccc2)nc1CC(=O)NCCCOCC1CC1. The highest BCUT2D eigenvalue weighted by Gasteiger charge is 2.20. The smallest absolute Gasteiger partial charge is 0.226 e. The van der Waals surface area contributed by atoms with Gasteiger partial charge in [0.2, 0.25) is 11.8 Å². The van der Waals surface area contributed by atoms with Crippen LogP contribution in [0.25, 0.3) is 11.5 Å². The van der Waals surface area contributed by atoms with Gasteiger partial charge in [0, 0.05) is 25.3 Å². The van der Waals surface area contributed by atoms with E-state index in [1.807, 2.05) is 37.3 Å². The minimum absolute atomic E-state index is 0.0341. The van der Waals surface area contributed by atoms with Gasteiger partial charge in [-0.1, -0.05) is 18.2 Å². The molecule has 1 fully saturated rings. The van der Waals surface area contributed by atoms with Crippen LogP contribution in [0.4, 0.5) is 0 Å². The van der Waals surface area contributed by atoms with Gasteiger partial charge in [0.1, 0.15) is 5.76 Å². The number of benzene rings is 1. The van der Waals surface area contributed by atoms with E-state index < -0.39 is 0 Å². The number of aryl methyl sites for hydroxylation is 1. The van der Waals surface area contributed by atoms with Crippen LogP contribution in [0.5, 0.6) is 0 Å². The number of carbonyl (C=O) groups excluding carboxylic acids is 1. The van der Waals surface area contributed by atoms with E-state index in [2.05, 4.69) is 10.3 Å². The van der Waals surface area contributed by atoms with E-state index in [-0.39, 0.29) is 12.3 Å². The van der Waals surface area contributed by atoms with Crippen LogP contribution in [0.1, 0.15) is 30.7 Å². The fraction of sp³-hybridized carbons (Fsp3) is 0.474. The average molecular weight is 328 g/mol. The maximum absolute atomic E-state index is 12.0. The van der Waals surface area contributed by atoms with Crippen molar-refractivity contribution in [3.05, 3.63) is 41.8 Å². The fourth-order valence-electron chi connectivity index (χ4n) is 2.45. The predicted molar refractivity (Wildman–Crippen MR) is 91.5 cm³/mol. The van der Waals surface area contributed by atoms with Crippen molar-refractivity contribution in [1.82, 2.24) is 10.3 Å². The molecule has 0 aliphatic heterocycles. The summed E-state index contributed by atoms with van der Waals surface area (Å²) in [4.78, 5) is 16.5. The lowest BCUT2D eigenvalue weighted by Gasteiger charge is -2.05. The Balaban J connectivity index is 1.41. The number of amides is 1. The Bertz CT molecular complexity index is 663. The number of aromatic nitrogens is 1. The van der Waals surface area contributed by atoms with Gasteiger partial charge in [0.05, 0.1) is 12.1 Å². The van der Waals surface area contributed by atoms with Crippen LogP contribution in [0.2, 0.25) is 0 Å². The molecule has 1 aromatic carbocycles. The summed E-state index contributed by atoms with van der Waals surface area (Å²) in [5, 5.41) is 2.91. The molecule has 1 heterocycles. The van der Waals surface area contributed by atoms with Gasteiger partial charge in [0.15, 0.2) is 0 Å². The van der Waals surface area contributed by atoms with Gasteiger partial charge < -0.3 is 14.5 Å². The second-order valence-corrected chi connectivity index (χ2v) is 6.29. The maximum atomic E-state index is 12.0. The third kappa shape index (κ3) is 4.93. The Kier molecular flexibility index (Phi) is 5.64. The Morgan fingerprint density at radius 1 is 1.33 bits per heavy atom. The van der Waals surface area contributed by atoms with Gasteiger partial charge >= 0.3 is 0 Å². The van der Waals surface area contributed by atoms with Crippen LogP contribution in [0.15, 0.2) is 34.7 Å². The Hall–Kier alpha value is -2.14. The third-order valence-electron chi connectivity index (χ3n) is 4.08. The highest BCUT2D eigenvalue weighted by Crippen LogP contribution is 2.28. The van der Waals surface area contributed by atoms with Crippen molar-refractivity contribution in [3.8, 4) is 11.5 Å². The molecule has 24 heavy (non-hydrogen) atoms. The quantitative estimate of drug-likeness (QED) is 0.718. The number of rotatable bonds is 9. The molecule has 0 spiro atoms. The van der Waals surface area contributed by atoms with Crippen LogP contribution < -0.4 is 5.32 Å². The normalized spacial score (nSPS) is 13.9. The molecule has 1 N–H and O–H groups in total. The maximum Gasteiger partial charge on any atom is 0.226 e. The lowest BCUT2D eigenvalue weighted by Crippen LogP contribution is -2.27. The lowest BCUT2D eigenvalue weighted by atomic mass is 10.2. The summed E-state index contributed by atoms with van der Waals surface area (Å²) in [6.07, 6.45) is 3.69. The number of carbonyl (C=O) groups is 1. The van der Waals surface area contributed by atoms with Crippen molar-refractivity contribution in [3.63, 3.8) is 0 Å². The van der Waals surface area contributed by atoms with Gasteiger partial charge in [0.25, 0.3) is 0 Å². The first kappa shape index (κ1) is 16.7. The van der Waals surface area contributed by atoms with Gasteiger partial charge in [-0.3, -0.25) is 4.79 Å². The van der Waals surface area contributed by atoms with E-state index >= 15 is 0 Å².